The van der Waals surface area contributed by atoms with Crippen molar-refractivity contribution in [3.05, 3.63) is 52.2 Å². The molecule has 3 nitrogen and oxygen atoms in total. The van der Waals surface area contributed by atoms with Crippen LogP contribution in [-0.2, 0) is 11.3 Å². The molecule has 0 aliphatic rings. The molecular formula is C14H15NO2S. The lowest BCUT2D eigenvalue weighted by Crippen LogP contribution is -2.28. The molecule has 1 aromatic heterocycles. The smallest absolute Gasteiger partial charge is 0.323 e. The van der Waals surface area contributed by atoms with Gasteiger partial charge in [0.15, 0.2) is 0 Å². The number of aliphatic carboxylic acids is 1. The Morgan fingerprint density at radius 2 is 2.00 bits per heavy atom. The van der Waals surface area contributed by atoms with Crippen LogP contribution in [0.2, 0.25) is 0 Å². The number of hydrogen-bond donors (Lipinski definition) is 1. The molecule has 0 fully saturated rings. The van der Waals surface area contributed by atoms with Gasteiger partial charge in [0.1, 0.15) is 6.54 Å². The first-order valence-corrected chi connectivity index (χ1v) is 6.64. The van der Waals surface area contributed by atoms with Gasteiger partial charge in [-0.1, -0.05) is 17.7 Å². The lowest BCUT2D eigenvalue weighted by molar-refractivity contribution is -0.135. The van der Waals surface area contributed by atoms with Crippen molar-refractivity contribution < 1.29 is 9.90 Å². The summed E-state index contributed by atoms with van der Waals surface area (Å²) in [5.41, 5.74) is 3.25. The molecule has 2 rings (SSSR count). The number of anilines is 1. The fourth-order valence-corrected chi connectivity index (χ4v) is 2.42. The van der Waals surface area contributed by atoms with Crippen LogP contribution in [0.4, 0.5) is 5.69 Å². The Balaban J connectivity index is 2.19. The zero-order valence-corrected chi connectivity index (χ0v) is 11.0. The van der Waals surface area contributed by atoms with Crippen LogP contribution in [0.1, 0.15) is 11.1 Å². The number of hydrogen-bond acceptors (Lipinski definition) is 3. The third-order valence-corrected chi connectivity index (χ3v) is 3.41. The fourth-order valence-electron chi connectivity index (χ4n) is 1.76. The molecule has 0 saturated heterocycles. The van der Waals surface area contributed by atoms with Crippen LogP contribution in [-0.4, -0.2) is 17.6 Å². The van der Waals surface area contributed by atoms with Gasteiger partial charge < -0.3 is 10.0 Å². The van der Waals surface area contributed by atoms with E-state index < -0.39 is 5.97 Å². The van der Waals surface area contributed by atoms with E-state index in [-0.39, 0.29) is 6.54 Å². The SMILES string of the molecule is Cc1ccc(N(CC(=O)O)Cc2ccsc2)cc1. The highest BCUT2D eigenvalue weighted by atomic mass is 32.1. The summed E-state index contributed by atoms with van der Waals surface area (Å²) in [6.45, 7) is 2.65. The summed E-state index contributed by atoms with van der Waals surface area (Å²) in [6, 6.07) is 9.94. The van der Waals surface area contributed by atoms with Crippen LogP contribution in [0.15, 0.2) is 41.1 Å². The van der Waals surface area contributed by atoms with Crippen molar-refractivity contribution in [3.63, 3.8) is 0 Å². The minimum atomic E-state index is -0.814. The van der Waals surface area contributed by atoms with Gasteiger partial charge in [0.25, 0.3) is 0 Å². The molecule has 4 heteroatoms. The molecule has 0 spiro atoms. The van der Waals surface area contributed by atoms with E-state index in [1.807, 2.05) is 52.9 Å². The molecule has 0 amide bonds. The quantitative estimate of drug-likeness (QED) is 0.898. The normalized spacial score (nSPS) is 10.3. The minimum absolute atomic E-state index is 0.0128. The van der Waals surface area contributed by atoms with E-state index in [0.717, 1.165) is 11.3 Å². The predicted molar refractivity (Wildman–Crippen MR) is 74.2 cm³/mol. The molecule has 0 bridgehead atoms. The van der Waals surface area contributed by atoms with Gasteiger partial charge in [0, 0.05) is 12.2 Å². The Labute approximate surface area is 110 Å². The molecule has 0 unspecified atom stereocenters. The van der Waals surface area contributed by atoms with Crippen molar-refractivity contribution in [1.29, 1.82) is 0 Å². The number of carboxylic acids is 1. The summed E-state index contributed by atoms with van der Waals surface area (Å²) in [5.74, 6) is -0.814. The first kappa shape index (κ1) is 12.6. The van der Waals surface area contributed by atoms with Crippen LogP contribution in [0.25, 0.3) is 0 Å². The largest absolute Gasteiger partial charge is 0.480 e. The summed E-state index contributed by atoms with van der Waals surface area (Å²) in [7, 11) is 0. The Bertz CT molecular complexity index is 505. The monoisotopic (exact) mass is 261 g/mol. The average Bonchev–Trinajstić information content (AvgIpc) is 2.81. The number of thiophene rings is 1. The highest BCUT2D eigenvalue weighted by Crippen LogP contribution is 2.18. The van der Waals surface area contributed by atoms with E-state index in [2.05, 4.69) is 0 Å². The number of rotatable bonds is 5. The highest BCUT2D eigenvalue weighted by molar-refractivity contribution is 7.07. The molecule has 2 aromatic rings. The van der Waals surface area contributed by atoms with E-state index in [4.69, 9.17) is 5.11 Å². The van der Waals surface area contributed by atoms with E-state index in [1.54, 1.807) is 11.3 Å². The summed E-state index contributed by atoms with van der Waals surface area (Å²) in [4.78, 5) is 12.8. The molecule has 1 N–H and O–H groups in total. The molecule has 0 saturated carbocycles. The van der Waals surface area contributed by atoms with Gasteiger partial charge in [-0.05, 0) is 41.4 Å². The zero-order chi connectivity index (χ0) is 13.0. The maximum absolute atomic E-state index is 10.9. The molecule has 0 aliphatic carbocycles. The van der Waals surface area contributed by atoms with Gasteiger partial charge in [-0.15, -0.1) is 0 Å². The van der Waals surface area contributed by atoms with Crippen LogP contribution in [0, 0.1) is 6.92 Å². The van der Waals surface area contributed by atoms with Crippen LogP contribution < -0.4 is 4.90 Å². The standard InChI is InChI=1S/C14H15NO2S/c1-11-2-4-13(5-3-11)15(9-14(16)17)8-12-6-7-18-10-12/h2-7,10H,8-9H2,1H3,(H,16,17). The number of aryl methyl sites for hydroxylation is 1. The van der Waals surface area contributed by atoms with Gasteiger partial charge in [0.2, 0.25) is 0 Å². The lowest BCUT2D eigenvalue weighted by Gasteiger charge is -2.22. The molecule has 1 heterocycles. The van der Waals surface area contributed by atoms with E-state index in [9.17, 15) is 4.79 Å². The molecule has 0 radical (unpaired) electrons. The van der Waals surface area contributed by atoms with Crippen LogP contribution in [0.3, 0.4) is 0 Å². The fraction of sp³-hybridized carbons (Fsp3) is 0.214. The third kappa shape index (κ3) is 3.34. The van der Waals surface area contributed by atoms with E-state index in [1.165, 1.54) is 5.56 Å². The first-order chi connectivity index (χ1) is 8.65. The van der Waals surface area contributed by atoms with Gasteiger partial charge >= 0.3 is 5.97 Å². The maximum Gasteiger partial charge on any atom is 0.323 e. The number of benzene rings is 1. The van der Waals surface area contributed by atoms with Crippen molar-refractivity contribution in [2.45, 2.75) is 13.5 Å². The number of carbonyl (C=O) groups is 1. The van der Waals surface area contributed by atoms with Crippen molar-refractivity contribution in [1.82, 2.24) is 0 Å². The second-order valence-electron chi connectivity index (χ2n) is 4.22. The second kappa shape index (κ2) is 5.69. The van der Waals surface area contributed by atoms with Crippen LogP contribution >= 0.6 is 11.3 Å². The zero-order valence-electron chi connectivity index (χ0n) is 10.2. The Morgan fingerprint density at radius 1 is 1.28 bits per heavy atom. The number of carboxylic acid groups (broad SMARTS) is 1. The lowest BCUT2D eigenvalue weighted by atomic mass is 10.2. The van der Waals surface area contributed by atoms with Crippen molar-refractivity contribution in [2.24, 2.45) is 0 Å². The molecule has 18 heavy (non-hydrogen) atoms. The highest BCUT2D eigenvalue weighted by Gasteiger charge is 2.11. The van der Waals surface area contributed by atoms with Crippen LogP contribution in [0.5, 0.6) is 0 Å². The topological polar surface area (TPSA) is 40.5 Å². The predicted octanol–water partition coefficient (Wildman–Crippen LogP) is 3.15. The van der Waals surface area contributed by atoms with Crippen molar-refractivity contribution >= 4 is 23.0 Å². The minimum Gasteiger partial charge on any atom is -0.480 e. The van der Waals surface area contributed by atoms with Crippen molar-refractivity contribution in [3.8, 4) is 0 Å². The summed E-state index contributed by atoms with van der Waals surface area (Å²) < 4.78 is 0. The summed E-state index contributed by atoms with van der Waals surface area (Å²) in [6.07, 6.45) is 0. The third-order valence-electron chi connectivity index (χ3n) is 2.68. The summed E-state index contributed by atoms with van der Waals surface area (Å²) in [5, 5.41) is 13.0. The Hall–Kier alpha value is -1.81. The van der Waals surface area contributed by atoms with Crippen molar-refractivity contribution in [2.75, 3.05) is 11.4 Å². The molecule has 0 aliphatic heterocycles. The molecule has 94 valence electrons. The average molecular weight is 261 g/mol. The van der Waals surface area contributed by atoms with E-state index >= 15 is 0 Å². The van der Waals surface area contributed by atoms with Gasteiger partial charge in [-0.2, -0.15) is 11.3 Å². The maximum atomic E-state index is 10.9. The summed E-state index contributed by atoms with van der Waals surface area (Å²) >= 11 is 1.62. The second-order valence-corrected chi connectivity index (χ2v) is 5.00. The number of nitrogens with zero attached hydrogens (tertiary/aromatic N) is 1. The molecule has 1 aromatic carbocycles. The Kier molecular flexibility index (Phi) is 3.99. The van der Waals surface area contributed by atoms with Gasteiger partial charge in [-0.3, -0.25) is 4.79 Å². The Morgan fingerprint density at radius 3 is 2.56 bits per heavy atom. The van der Waals surface area contributed by atoms with Gasteiger partial charge in [0.05, 0.1) is 0 Å². The van der Waals surface area contributed by atoms with Gasteiger partial charge in [-0.25, -0.2) is 0 Å². The van der Waals surface area contributed by atoms with E-state index in [0.29, 0.717) is 6.54 Å². The molecular weight excluding hydrogens is 246 g/mol. The first-order valence-electron chi connectivity index (χ1n) is 5.69. The molecule has 0 atom stereocenters.